The largest absolute Gasteiger partial charge is 0.325 e. The van der Waals surface area contributed by atoms with Gasteiger partial charge in [0.25, 0.3) is 5.56 Å². The van der Waals surface area contributed by atoms with Crippen molar-refractivity contribution in [3.05, 3.63) is 51.9 Å². The number of hydrogen-bond acceptors (Lipinski definition) is 6. The number of nitrogens with zero attached hydrogens (tertiary/aromatic N) is 1. The lowest BCUT2D eigenvalue weighted by molar-refractivity contribution is -0.115. The number of benzene rings is 1. The second-order valence-corrected chi connectivity index (χ2v) is 9.18. The summed E-state index contributed by atoms with van der Waals surface area (Å²) in [5, 5.41) is 3.18. The van der Waals surface area contributed by atoms with Crippen molar-refractivity contribution >= 4 is 40.9 Å². The molecule has 0 saturated heterocycles. The number of thioether (sulfide) groups is 2. The van der Waals surface area contributed by atoms with Gasteiger partial charge in [0.15, 0.2) is 10.9 Å². The van der Waals surface area contributed by atoms with Gasteiger partial charge in [0.05, 0.1) is 10.9 Å². The lowest BCUT2D eigenvalue weighted by Crippen LogP contribution is -2.23. The molecule has 0 aliphatic heterocycles. The number of hydrogen-bond donors (Lipinski definition) is 2. The van der Waals surface area contributed by atoms with Crippen molar-refractivity contribution in [2.75, 3.05) is 5.32 Å². The number of Topliss-reactive ketones (excluding diaryl/α,β-unsaturated/α-hetero) is 1. The van der Waals surface area contributed by atoms with Crippen molar-refractivity contribution in [2.45, 2.75) is 49.1 Å². The van der Waals surface area contributed by atoms with E-state index < -0.39 is 5.25 Å². The lowest BCUT2D eigenvalue weighted by Gasteiger charge is -2.12. The number of aromatic amines is 1. The van der Waals surface area contributed by atoms with Crippen LogP contribution in [0.15, 0.2) is 40.3 Å². The van der Waals surface area contributed by atoms with Crippen molar-refractivity contribution < 1.29 is 9.59 Å². The molecule has 2 aromatic rings. The Labute approximate surface area is 166 Å². The van der Waals surface area contributed by atoms with E-state index in [9.17, 15) is 14.4 Å². The van der Waals surface area contributed by atoms with Crippen LogP contribution in [-0.2, 0) is 10.5 Å². The van der Waals surface area contributed by atoms with Gasteiger partial charge in [-0.15, -0.1) is 0 Å². The molecule has 0 aliphatic carbocycles. The lowest BCUT2D eigenvalue weighted by atomic mass is 10.1. The van der Waals surface area contributed by atoms with Gasteiger partial charge in [0.2, 0.25) is 5.91 Å². The molecule has 0 bridgehead atoms. The molecule has 2 rings (SSSR count). The number of nitrogens with one attached hydrogen (secondary N) is 2. The quantitative estimate of drug-likeness (QED) is 0.395. The highest BCUT2D eigenvalue weighted by atomic mass is 32.2. The van der Waals surface area contributed by atoms with Crippen LogP contribution in [0.25, 0.3) is 0 Å². The molecule has 1 aromatic heterocycles. The number of carbonyl (C=O) groups excluding carboxylic acids is 2. The summed E-state index contributed by atoms with van der Waals surface area (Å²) in [4.78, 5) is 42.9. The van der Waals surface area contributed by atoms with E-state index in [0.717, 1.165) is 0 Å². The van der Waals surface area contributed by atoms with E-state index in [-0.39, 0.29) is 17.2 Å². The average Bonchev–Trinajstić information content (AvgIpc) is 2.59. The van der Waals surface area contributed by atoms with Crippen molar-refractivity contribution in [3.63, 3.8) is 0 Å². The maximum Gasteiger partial charge on any atom is 0.251 e. The molecule has 0 saturated carbocycles. The van der Waals surface area contributed by atoms with E-state index in [2.05, 4.69) is 29.1 Å². The molecule has 2 N–H and O–H groups in total. The Kier molecular flexibility index (Phi) is 7.67. The van der Waals surface area contributed by atoms with E-state index >= 15 is 0 Å². The van der Waals surface area contributed by atoms with Gasteiger partial charge in [-0.3, -0.25) is 14.4 Å². The number of anilines is 1. The second-order valence-electron chi connectivity index (χ2n) is 6.29. The van der Waals surface area contributed by atoms with Crippen LogP contribution in [0, 0.1) is 0 Å². The Morgan fingerprint density at radius 2 is 1.96 bits per heavy atom. The van der Waals surface area contributed by atoms with Crippen LogP contribution < -0.4 is 10.9 Å². The SMILES string of the molecule is CC(=O)c1cccc(NC(=O)C(C)Sc2nc(CSC(C)C)cc(=O)[nH]2)c1. The Hall–Kier alpha value is -2.06. The average molecular weight is 406 g/mol. The zero-order valence-electron chi connectivity index (χ0n) is 15.7. The van der Waals surface area contributed by atoms with Crippen LogP contribution in [0.5, 0.6) is 0 Å². The number of aromatic nitrogens is 2. The van der Waals surface area contributed by atoms with Gasteiger partial charge in [-0.2, -0.15) is 11.8 Å². The first-order chi connectivity index (χ1) is 12.7. The summed E-state index contributed by atoms with van der Waals surface area (Å²) in [6.07, 6.45) is 0. The summed E-state index contributed by atoms with van der Waals surface area (Å²) in [5.74, 6) is 0.352. The van der Waals surface area contributed by atoms with Crippen LogP contribution in [0.2, 0.25) is 0 Å². The van der Waals surface area contributed by atoms with Crippen LogP contribution in [-0.4, -0.2) is 32.2 Å². The fraction of sp³-hybridized carbons (Fsp3) is 0.368. The minimum absolute atomic E-state index is 0.0635. The molecular weight excluding hydrogens is 382 g/mol. The molecule has 27 heavy (non-hydrogen) atoms. The van der Waals surface area contributed by atoms with Crippen molar-refractivity contribution in [1.29, 1.82) is 0 Å². The van der Waals surface area contributed by atoms with Crippen LogP contribution in [0.4, 0.5) is 5.69 Å². The zero-order chi connectivity index (χ0) is 20.0. The number of carbonyl (C=O) groups is 2. The molecule has 0 aliphatic rings. The summed E-state index contributed by atoms with van der Waals surface area (Å²) in [6.45, 7) is 7.39. The third-order valence-electron chi connectivity index (χ3n) is 3.53. The molecule has 0 spiro atoms. The van der Waals surface area contributed by atoms with Crippen molar-refractivity contribution in [2.24, 2.45) is 0 Å². The van der Waals surface area contributed by atoms with Crippen LogP contribution >= 0.6 is 23.5 Å². The summed E-state index contributed by atoms with van der Waals surface area (Å²) in [5.41, 5.74) is 1.56. The highest BCUT2D eigenvalue weighted by molar-refractivity contribution is 8.00. The van der Waals surface area contributed by atoms with Crippen molar-refractivity contribution in [3.8, 4) is 0 Å². The number of amides is 1. The van der Waals surface area contributed by atoms with Gasteiger partial charge in [-0.05, 0) is 31.2 Å². The van der Waals surface area contributed by atoms with E-state index in [4.69, 9.17) is 0 Å². The summed E-state index contributed by atoms with van der Waals surface area (Å²) >= 11 is 2.89. The third-order valence-corrected chi connectivity index (χ3v) is 5.65. The number of ketones is 1. The molecule has 144 valence electrons. The Morgan fingerprint density at radius 3 is 2.63 bits per heavy atom. The van der Waals surface area contributed by atoms with Crippen LogP contribution in [0.3, 0.4) is 0 Å². The molecule has 1 amide bonds. The van der Waals surface area contributed by atoms with E-state index in [1.165, 1.54) is 24.8 Å². The molecular formula is C19H23N3O3S2. The molecule has 0 radical (unpaired) electrons. The topological polar surface area (TPSA) is 91.9 Å². The predicted octanol–water partition coefficient (Wildman–Crippen LogP) is 3.73. The first-order valence-corrected chi connectivity index (χ1v) is 10.5. The van der Waals surface area contributed by atoms with E-state index in [1.54, 1.807) is 43.0 Å². The smallest absolute Gasteiger partial charge is 0.251 e. The minimum atomic E-state index is -0.470. The Balaban J connectivity index is 2.04. The molecule has 0 fully saturated rings. The minimum Gasteiger partial charge on any atom is -0.325 e. The third kappa shape index (κ3) is 6.88. The highest BCUT2D eigenvalue weighted by Crippen LogP contribution is 2.22. The fourth-order valence-corrected chi connectivity index (χ4v) is 3.63. The first-order valence-electron chi connectivity index (χ1n) is 8.55. The van der Waals surface area contributed by atoms with Gasteiger partial charge in [-0.1, -0.05) is 37.7 Å². The Bertz CT molecular complexity index is 880. The monoisotopic (exact) mass is 405 g/mol. The molecule has 1 aromatic carbocycles. The number of rotatable bonds is 8. The standard InChI is InChI=1S/C19H23N3O3S2/c1-11(2)26-10-16-9-17(24)22-19(21-16)27-13(4)18(25)20-15-7-5-6-14(8-15)12(3)23/h5-9,11,13H,10H2,1-4H3,(H,20,25)(H,21,22,24). The number of H-pyrrole nitrogens is 1. The summed E-state index contributed by atoms with van der Waals surface area (Å²) < 4.78 is 0. The van der Waals surface area contributed by atoms with Crippen LogP contribution in [0.1, 0.15) is 43.7 Å². The van der Waals surface area contributed by atoms with E-state index in [1.807, 2.05) is 0 Å². The van der Waals surface area contributed by atoms with Crippen molar-refractivity contribution in [1.82, 2.24) is 9.97 Å². The Morgan fingerprint density at radius 1 is 1.22 bits per heavy atom. The fourth-order valence-electron chi connectivity index (χ4n) is 2.15. The predicted molar refractivity (Wildman–Crippen MR) is 112 cm³/mol. The maximum atomic E-state index is 12.4. The van der Waals surface area contributed by atoms with Gasteiger partial charge in [-0.25, -0.2) is 4.98 Å². The molecule has 1 heterocycles. The highest BCUT2D eigenvalue weighted by Gasteiger charge is 2.17. The van der Waals surface area contributed by atoms with Gasteiger partial charge in [0, 0.05) is 23.1 Å². The molecule has 1 atom stereocenters. The normalized spacial score (nSPS) is 12.0. The molecule has 1 unspecified atom stereocenters. The van der Waals surface area contributed by atoms with Gasteiger partial charge in [0.1, 0.15) is 0 Å². The zero-order valence-corrected chi connectivity index (χ0v) is 17.4. The van der Waals surface area contributed by atoms with Gasteiger partial charge < -0.3 is 10.3 Å². The maximum absolute atomic E-state index is 12.4. The molecule has 8 heteroatoms. The van der Waals surface area contributed by atoms with E-state index in [0.29, 0.717) is 33.1 Å². The molecule has 6 nitrogen and oxygen atoms in total. The second kappa shape index (κ2) is 9.75. The summed E-state index contributed by atoms with van der Waals surface area (Å²) in [7, 11) is 0. The first kappa shape index (κ1) is 21.2. The van der Waals surface area contributed by atoms with Gasteiger partial charge >= 0.3 is 0 Å². The summed E-state index contributed by atoms with van der Waals surface area (Å²) in [6, 6.07) is 8.27.